The van der Waals surface area contributed by atoms with E-state index in [0.29, 0.717) is 22.2 Å². The van der Waals surface area contributed by atoms with Crippen molar-refractivity contribution in [1.82, 2.24) is 20.0 Å². The smallest absolute Gasteiger partial charge is 0.225 e. The van der Waals surface area contributed by atoms with E-state index in [2.05, 4.69) is 20.6 Å². The van der Waals surface area contributed by atoms with Gasteiger partial charge in [0.25, 0.3) is 0 Å². The first-order valence-electron chi connectivity index (χ1n) is 7.26. The van der Waals surface area contributed by atoms with Crippen LogP contribution in [0.25, 0.3) is 22.0 Å². The van der Waals surface area contributed by atoms with Crippen molar-refractivity contribution in [2.45, 2.75) is 20.3 Å². The number of nitrogens with one attached hydrogen (secondary N) is 1. The Balaban J connectivity index is 2.16. The van der Waals surface area contributed by atoms with E-state index < -0.39 is 5.82 Å². The molecule has 1 aromatic carbocycles. The second kappa shape index (κ2) is 5.75. The number of benzene rings is 1. The lowest BCUT2D eigenvalue weighted by Gasteiger charge is -2.10. The Morgan fingerprint density at radius 3 is 2.78 bits per heavy atom. The minimum atomic E-state index is -0.543. The molecule has 0 atom stereocenters. The molecule has 0 saturated carbocycles. The number of amides is 1. The zero-order valence-corrected chi connectivity index (χ0v) is 13.1. The molecule has 1 N–H and O–H groups in total. The van der Waals surface area contributed by atoms with Gasteiger partial charge in [-0.05, 0) is 13.0 Å². The zero-order valence-electron chi connectivity index (χ0n) is 13.1. The Kier molecular flexibility index (Phi) is 3.77. The molecule has 0 aliphatic rings. The van der Waals surface area contributed by atoms with Crippen LogP contribution in [0.15, 0.2) is 24.4 Å². The topological polar surface area (TPSA) is 72.7 Å². The number of rotatable bonds is 3. The molecule has 2 heterocycles. The second-order valence-corrected chi connectivity index (χ2v) is 5.30. The molecule has 0 fully saturated rings. The Bertz CT molecular complexity index is 903. The number of hydrogen-bond donors (Lipinski definition) is 1. The predicted octanol–water partition coefficient (Wildman–Crippen LogP) is 2.83. The van der Waals surface area contributed by atoms with E-state index in [1.807, 2.05) is 6.07 Å². The summed E-state index contributed by atoms with van der Waals surface area (Å²) in [5.41, 5.74) is 2.06. The Labute approximate surface area is 132 Å². The van der Waals surface area contributed by atoms with Crippen LogP contribution in [-0.4, -0.2) is 25.9 Å². The van der Waals surface area contributed by atoms with Gasteiger partial charge in [0.05, 0.1) is 6.20 Å². The molecule has 3 aromatic rings. The molecule has 0 aliphatic carbocycles. The maximum absolute atomic E-state index is 14.7. The Hall–Kier alpha value is -2.83. The van der Waals surface area contributed by atoms with E-state index in [9.17, 15) is 9.18 Å². The number of nitrogens with zero attached hydrogens (tertiary/aromatic N) is 4. The van der Waals surface area contributed by atoms with E-state index >= 15 is 0 Å². The van der Waals surface area contributed by atoms with Crippen LogP contribution in [0.2, 0.25) is 0 Å². The van der Waals surface area contributed by atoms with Gasteiger partial charge in [0, 0.05) is 35.5 Å². The monoisotopic (exact) mass is 313 g/mol. The molecule has 7 heteroatoms. The van der Waals surface area contributed by atoms with Crippen LogP contribution in [0.5, 0.6) is 0 Å². The van der Waals surface area contributed by atoms with Gasteiger partial charge in [0.1, 0.15) is 5.69 Å². The minimum absolute atomic E-state index is 0.0434. The van der Waals surface area contributed by atoms with E-state index in [1.54, 1.807) is 43.9 Å². The molecular weight excluding hydrogens is 297 g/mol. The highest BCUT2D eigenvalue weighted by Gasteiger charge is 2.15. The van der Waals surface area contributed by atoms with Crippen LogP contribution in [0.4, 0.5) is 10.2 Å². The molecule has 0 bridgehead atoms. The van der Waals surface area contributed by atoms with Gasteiger partial charge in [0.2, 0.25) is 5.91 Å². The number of fused-ring (bicyclic) bond motifs is 1. The summed E-state index contributed by atoms with van der Waals surface area (Å²) < 4.78 is 16.3. The summed E-state index contributed by atoms with van der Waals surface area (Å²) in [5.74, 6) is -0.864. The van der Waals surface area contributed by atoms with Gasteiger partial charge in [-0.25, -0.2) is 9.37 Å². The highest BCUT2D eigenvalue weighted by molar-refractivity contribution is 5.95. The first-order valence-corrected chi connectivity index (χ1v) is 7.26. The van der Waals surface area contributed by atoms with Crippen molar-refractivity contribution >= 4 is 22.5 Å². The molecule has 0 aliphatic heterocycles. The molecule has 0 unspecified atom stereocenters. The van der Waals surface area contributed by atoms with Crippen molar-refractivity contribution in [2.75, 3.05) is 5.32 Å². The highest BCUT2D eigenvalue weighted by atomic mass is 19.1. The molecule has 1 amide bonds. The van der Waals surface area contributed by atoms with Gasteiger partial charge in [-0.15, -0.1) is 5.10 Å². The van der Waals surface area contributed by atoms with Gasteiger partial charge in [-0.3, -0.25) is 9.48 Å². The summed E-state index contributed by atoms with van der Waals surface area (Å²) in [6.07, 6.45) is 2.02. The third-order valence-electron chi connectivity index (χ3n) is 3.61. The molecule has 0 saturated heterocycles. The SMILES string of the molecule is CCC(=O)Nc1nc(C)c2ccc(-c3cn(C)nn3)cc2c1F. The summed E-state index contributed by atoms with van der Waals surface area (Å²) in [7, 11) is 1.77. The van der Waals surface area contributed by atoms with Crippen LogP contribution < -0.4 is 5.32 Å². The number of halogens is 1. The fraction of sp³-hybridized carbons (Fsp3) is 0.250. The number of carbonyl (C=O) groups is 1. The third kappa shape index (κ3) is 2.77. The van der Waals surface area contributed by atoms with E-state index in [4.69, 9.17) is 0 Å². The van der Waals surface area contributed by atoms with Gasteiger partial charge in [-0.2, -0.15) is 0 Å². The Morgan fingerprint density at radius 2 is 2.13 bits per heavy atom. The number of carbonyl (C=O) groups excluding carboxylic acids is 1. The maximum atomic E-state index is 14.7. The lowest BCUT2D eigenvalue weighted by atomic mass is 10.0. The van der Waals surface area contributed by atoms with Crippen LogP contribution in [-0.2, 0) is 11.8 Å². The number of hydrogen-bond acceptors (Lipinski definition) is 4. The Morgan fingerprint density at radius 1 is 1.35 bits per heavy atom. The van der Waals surface area contributed by atoms with Crippen LogP contribution in [0.3, 0.4) is 0 Å². The molecule has 0 spiro atoms. The molecular formula is C16H16FN5O. The van der Waals surface area contributed by atoms with Crippen LogP contribution >= 0.6 is 0 Å². The van der Waals surface area contributed by atoms with E-state index in [-0.39, 0.29) is 18.1 Å². The third-order valence-corrected chi connectivity index (χ3v) is 3.61. The fourth-order valence-corrected chi connectivity index (χ4v) is 2.39. The zero-order chi connectivity index (χ0) is 16.6. The molecule has 23 heavy (non-hydrogen) atoms. The van der Waals surface area contributed by atoms with Crippen LogP contribution in [0, 0.1) is 12.7 Å². The first-order chi connectivity index (χ1) is 11.0. The standard InChI is InChI=1S/C16H16FN5O/c1-4-14(23)19-16-15(17)12-7-10(13-8-22(3)21-20-13)5-6-11(12)9(2)18-16/h5-8H,4H2,1-3H3,(H,18,19,23). The average molecular weight is 313 g/mol. The lowest BCUT2D eigenvalue weighted by molar-refractivity contribution is -0.115. The molecule has 3 rings (SSSR count). The van der Waals surface area contributed by atoms with Crippen molar-refractivity contribution in [2.24, 2.45) is 7.05 Å². The van der Waals surface area contributed by atoms with E-state index in [1.165, 1.54) is 0 Å². The van der Waals surface area contributed by atoms with Gasteiger partial charge < -0.3 is 5.32 Å². The van der Waals surface area contributed by atoms with Gasteiger partial charge >= 0.3 is 0 Å². The quantitative estimate of drug-likeness (QED) is 0.807. The average Bonchev–Trinajstić information content (AvgIpc) is 2.98. The minimum Gasteiger partial charge on any atom is -0.308 e. The van der Waals surface area contributed by atoms with Crippen molar-refractivity contribution in [1.29, 1.82) is 0 Å². The molecule has 6 nitrogen and oxygen atoms in total. The molecule has 0 radical (unpaired) electrons. The normalized spacial score (nSPS) is 11.0. The van der Waals surface area contributed by atoms with Crippen molar-refractivity contribution in [3.05, 3.63) is 35.9 Å². The van der Waals surface area contributed by atoms with Crippen molar-refractivity contribution < 1.29 is 9.18 Å². The largest absolute Gasteiger partial charge is 0.308 e. The highest BCUT2D eigenvalue weighted by Crippen LogP contribution is 2.29. The molecule has 118 valence electrons. The van der Waals surface area contributed by atoms with E-state index in [0.717, 1.165) is 5.56 Å². The van der Waals surface area contributed by atoms with Crippen molar-refractivity contribution in [3.8, 4) is 11.3 Å². The fourth-order valence-electron chi connectivity index (χ4n) is 2.39. The number of aryl methyl sites for hydroxylation is 2. The lowest BCUT2D eigenvalue weighted by Crippen LogP contribution is -2.13. The number of anilines is 1. The number of pyridine rings is 1. The van der Waals surface area contributed by atoms with Crippen molar-refractivity contribution in [3.63, 3.8) is 0 Å². The first kappa shape index (κ1) is 15.1. The predicted molar refractivity (Wildman–Crippen MR) is 85.4 cm³/mol. The second-order valence-electron chi connectivity index (χ2n) is 5.30. The van der Waals surface area contributed by atoms with Crippen LogP contribution in [0.1, 0.15) is 19.0 Å². The summed E-state index contributed by atoms with van der Waals surface area (Å²) >= 11 is 0. The van der Waals surface area contributed by atoms with Gasteiger partial charge in [-0.1, -0.05) is 24.3 Å². The van der Waals surface area contributed by atoms with Gasteiger partial charge in [0.15, 0.2) is 11.6 Å². The summed E-state index contributed by atoms with van der Waals surface area (Å²) in [6.45, 7) is 3.48. The number of aromatic nitrogens is 4. The molecule has 2 aromatic heterocycles. The summed E-state index contributed by atoms with van der Waals surface area (Å²) in [5, 5.41) is 11.5. The summed E-state index contributed by atoms with van der Waals surface area (Å²) in [6, 6.07) is 5.35. The summed E-state index contributed by atoms with van der Waals surface area (Å²) in [4.78, 5) is 15.7. The maximum Gasteiger partial charge on any atom is 0.225 e.